The van der Waals surface area contributed by atoms with Gasteiger partial charge in [-0.25, -0.2) is 4.98 Å². The van der Waals surface area contributed by atoms with Crippen molar-refractivity contribution in [3.63, 3.8) is 0 Å². The Kier molecular flexibility index (Phi) is 4.71. The smallest absolute Gasteiger partial charge is 0.249 e. The van der Waals surface area contributed by atoms with Crippen LogP contribution in [-0.4, -0.2) is 23.6 Å². The summed E-state index contributed by atoms with van der Waals surface area (Å²) >= 11 is 1.55. The Bertz CT molecular complexity index is 325. The van der Waals surface area contributed by atoms with Gasteiger partial charge in [-0.2, -0.15) is 0 Å². The second-order valence-electron chi connectivity index (χ2n) is 3.20. The summed E-state index contributed by atoms with van der Waals surface area (Å²) in [4.78, 5) is 15.7. The van der Waals surface area contributed by atoms with E-state index in [0.29, 0.717) is 13.2 Å². The molecule has 0 saturated heterocycles. The minimum absolute atomic E-state index is 0.0929. The normalized spacial score (nSPS) is 12.5. The second-order valence-corrected chi connectivity index (χ2v) is 4.14. The first-order chi connectivity index (χ1) is 7.13. The van der Waals surface area contributed by atoms with Gasteiger partial charge in [0.25, 0.3) is 0 Å². The van der Waals surface area contributed by atoms with Gasteiger partial charge in [0.05, 0.1) is 6.54 Å². The van der Waals surface area contributed by atoms with E-state index in [1.54, 1.807) is 18.3 Å². The van der Waals surface area contributed by atoms with Gasteiger partial charge in [0.2, 0.25) is 5.91 Å². The Labute approximate surface area is 93.7 Å². The van der Waals surface area contributed by atoms with Crippen LogP contribution in [0.25, 0.3) is 0 Å². The van der Waals surface area contributed by atoms with E-state index in [2.05, 4.69) is 10.3 Å². The maximum absolute atomic E-state index is 11.5. The van der Waals surface area contributed by atoms with Crippen molar-refractivity contribution in [1.29, 1.82) is 0 Å². The van der Waals surface area contributed by atoms with Crippen LogP contribution in [0.1, 0.15) is 24.5 Å². The third-order valence-corrected chi connectivity index (χ3v) is 2.83. The number of aromatic nitrogens is 1. The summed E-state index contributed by atoms with van der Waals surface area (Å²) in [5.41, 5.74) is 0.988. The fourth-order valence-corrected chi connectivity index (χ4v) is 1.83. The van der Waals surface area contributed by atoms with E-state index in [4.69, 9.17) is 4.74 Å². The molecule has 4 nitrogen and oxygen atoms in total. The fourth-order valence-electron chi connectivity index (χ4n) is 1.12. The first-order valence-electron chi connectivity index (χ1n) is 4.93. The molecule has 0 bridgehead atoms. The number of carbonyl (C=O) groups is 1. The van der Waals surface area contributed by atoms with Gasteiger partial charge >= 0.3 is 0 Å². The van der Waals surface area contributed by atoms with Crippen LogP contribution in [0.2, 0.25) is 0 Å². The predicted octanol–water partition coefficient (Wildman–Crippen LogP) is 1.49. The number of rotatable bonds is 5. The molecule has 1 amide bonds. The molecule has 1 N–H and O–H groups in total. The van der Waals surface area contributed by atoms with Crippen molar-refractivity contribution >= 4 is 17.2 Å². The van der Waals surface area contributed by atoms with Crippen molar-refractivity contribution in [2.24, 2.45) is 0 Å². The zero-order valence-electron chi connectivity index (χ0n) is 9.24. The Balaban J connectivity index is 2.34. The highest BCUT2D eigenvalue weighted by Gasteiger charge is 2.12. The lowest BCUT2D eigenvalue weighted by Crippen LogP contribution is -2.34. The van der Waals surface area contributed by atoms with Gasteiger partial charge in [-0.3, -0.25) is 4.79 Å². The summed E-state index contributed by atoms with van der Waals surface area (Å²) in [5.74, 6) is -0.0929. The zero-order valence-corrected chi connectivity index (χ0v) is 10.1. The lowest BCUT2D eigenvalue weighted by atomic mass is 10.4. The van der Waals surface area contributed by atoms with Gasteiger partial charge < -0.3 is 10.1 Å². The molecule has 0 fully saturated rings. The lowest BCUT2D eigenvalue weighted by molar-refractivity contribution is -0.131. The van der Waals surface area contributed by atoms with Gasteiger partial charge in [-0.1, -0.05) is 0 Å². The van der Waals surface area contributed by atoms with Crippen molar-refractivity contribution in [3.8, 4) is 0 Å². The molecule has 0 aliphatic rings. The Morgan fingerprint density at radius 2 is 2.47 bits per heavy atom. The molecule has 0 aromatic carbocycles. The average molecular weight is 228 g/mol. The number of amides is 1. The molecule has 0 radical (unpaired) electrons. The number of thiazole rings is 1. The highest BCUT2D eigenvalue weighted by Crippen LogP contribution is 2.07. The zero-order chi connectivity index (χ0) is 11.3. The van der Waals surface area contributed by atoms with E-state index in [0.717, 1.165) is 10.7 Å². The van der Waals surface area contributed by atoms with Crippen LogP contribution in [0.15, 0.2) is 5.38 Å². The number of hydrogen-bond acceptors (Lipinski definition) is 4. The molecule has 1 atom stereocenters. The van der Waals surface area contributed by atoms with Crippen LogP contribution in [0.3, 0.4) is 0 Å². The Hall–Kier alpha value is -0.940. The molecule has 0 spiro atoms. The maximum atomic E-state index is 11.5. The van der Waals surface area contributed by atoms with Crippen LogP contribution in [0.4, 0.5) is 0 Å². The first-order valence-corrected chi connectivity index (χ1v) is 5.81. The number of carbonyl (C=O) groups excluding carboxylic acids is 1. The summed E-state index contributed by atoms with van der Waals surface area (Å²) in [5, 5.41) is 5.67. The van der Waals surface area contributed by atoms with Crippen molar-refractivity contribution in [3.05, 3.63) is 16.1 Å². The summed E-state index contributed by atoms with van der Waals surface area (Å²) in [6.07, 6.45) is -0.393. The predicted molar refractivity (Wildman–Crippen MR) is 59.8 cm³/mol. The molecule has 5 heteroatoms. The first kappa shape index (κ1) is 12.1. The van der Waals surface area contributed by atoms with E-state index >= 15 is 0 Å². The minimum atomic E-state index is -0.393. The standard InChI is InChI=1S/C10H16N2O2S/c1-4-14-8(3)10(13)11-5-9-12-7(2)6-15-9/h6,8H,4-5H2,1-3H3,(H,11,13). The Morgan fingerprint density at radius 1 is 1.73 bits per heavy atom. The molecule has 1 aromatic heterocycles. The van der Waals surface area contributed by atoms with Crippen molar-refractivity contribution < 1.29 is 9.53 Å². The summed E-state index contributed by atoms with van der Waals surface area (Å²) in [6.45, 7) is 6.57. The third-order valence-electron chi connectivity index (χ3n) is 1.87. The maximum Gasteiger partial charge on any atom is 0.249 e. The van der Waals surface area contributed by atoms with Gasteiger partial charge in [0, 0.05) is 17.7 Å². The van der Waals surface area contributed by atoms with Crippen LogP contribution in [-0.2, 0) is 16.1 Å². The van der Waals surface area contributed by atoms with E-state index in [-0.39, 0.29) is 5.91 Å². The van der Waals surface area contributed by atoms with Gasteiger partial charge in [0.1, 0.15) is 11.1 Å². The topological polar surface area (TPSA) is 51.2 Å². The molecule has 1 unspecified atom stereocenters. The van der Waals surface area contributed by atoms with Gasteiger partial charge in [0.15, 0.2) is 0 Å². The third kappa shape index (κ3) is 3.97. The number of hydrogen-bond donors (Lipinski definition) is 1. The highest BCUT2D eigenvalue weighted by atomic mass is 32.1. The van der Waals surface area contributed by atoms with Crippen LogP contribution in [0, 0.1) is 6.92 Å². The van der Waals surface area contributed by atoms with Gasteiger partial charge in [-0.05, 0) is 20.8 Å². The minimum Gasteiger partial charge on any atom is -0.369 e. The van der Waals surface area contributed by atoms with Crippen LogP contribution >= 0.6 is 11.3 Å². The molecule has 84 valence electrons. The molecule has 0 aliphatic heterocycles. The van der Waals surface area contributed by atoms with E-state index in [9.17, 15) is 4.79 Å². The number of aryl methyl sites for hydroxylation is 1. The highest BCUT2D eigenvalue weighted by molar-refractivity contribution is 7.09. The molecule has 0 aliphatic carbocycles. The quantitative estimate of drug-likeness (QED) is 0.830. The van der Waals surface area contributed by atoms with Crippen LogP contribution < -0.4 is 5.32 Å². The molecule has 1 aromatic rings. The van der Waals surface area contributed by atoms with Crippen LogP contribution in [0.5, 0.6) is 0 Å². The monoisotopic (exact) mass is 228 g/mol. The summed E-state index contributed by atoms with van der Waals surface area (Å²) in [7, 11) is 0. The van der Waals surface area contributed by atoms with Gasteiger partial charge in [-0.15, -0.1) is 11.3 Å². The largest absolute Gasteiger partial charge is 0.369 e. The molecular formula is C10H16N2O2S. The number of nitrogens with zero attached hydrogens (tertiary/aromatic N) is 1. The second kappa shape index (κ2) is 5.82. The molecule has 1 rings (SSSR count). The SMILES string of the molecule is CCOC(C)C(=O)NCc1nc(C)cs1. The van der Waals surface area contributed by atoms with Crippen molar-refractivity contribution in [1.82, 2.24) is 10.3 Å². The van der Waals surface area contributed by atoms with Crippen molar-refractivity contribution in [2.45, 2.75) is 33.4 Å². The average Bonchev–Trinajstić information content (AvgIpc) is 2.61. The number of ether oxygens (including phenoxy) is 1. The summed E-state index contributed by atoms with van der Waals surface area (Å²) in [6, 6.07) is 0. The molecule has 15 heavy (non-hydrogen) atoms. The van der Waals surface area contributed by atoms with E-state index in [1.807, 2.05) is 19.2 Å². The van der Waals surface area contributed by atoms with E-state index < -0.39 is 6.10 Å². The fraction of sp³-hybridized carbons (Fsp3) is 0.600. The molecule has 1 heterocycles. The Morgan fingerprint density at radius 3 is 3.00 bits per heavy atom. The molecule has 0 saturated carbocycles. The molecular weight excluding hydrogens is 212 g/mol. The number of nitrogens with one attached hydrogen (secondary N) is 1. The summed E-state index contributed by atoms with van der Waals surface area (Å²) < 4.78 is 5.17. The van der Waals surface area contributed by atoms with Crippen molar-refractivity contribution in [2.75, 3.05) is 6.61 Å². The van der Waals surface area contributed by atoms with E-state index in [1.165, 1.54) is 0 Å². The lowest BCUT2D eigenvalue weighted by Gasteiger charge is -2.10.